The Morgan fingerprint density at radius 2 is 2.53 bits per heavy atom. The van der Waals surface area contributed by atoms with Gasteiger partial charge in [0.15, 0.2) is 6.61 Å². The zero-order valence-corrected chi connectivity index (χ0v) is 8.17. The Kier molecular flexibility index (Phi) is 3.46. The van der Waals surface area contributed by atoms with Gasteiger partial charge in [0.2, 0.25) is 5.71 Å². The van der Waals surface area contributed by atoms with Crippen LogP contribution < -0.4 is 5.73 Å². The summed E-state index contributed by atoms with van der Waals surface area (Å²) in [5.41, 5.74) is 5.29. The molecule has 0 aliphatic heterocycles. The van der Waals surface area contributed by atoms with Crippen LogP contribution in [0, 0.1) is 11.3 Å². The lowest BCUT2D eigenvalue weighted by Gasteiger charge is -2.01. The van der Waals surface area contributed by atoms with Crippen LogP contribution in [0.25, 0.3) is 0 Å². The lowest BCUT2D eigenvalue weighted by atomic mass is 10.4. The van der Waals surface area contributed by atoms with Crippen molar-refractivity contribution in [2.24, 2.45) is 17.9 Å². The van der Waals surface area contributed by atoms with Gasteiger partial charge in [-0.25, -0.2) is 0 Å². The van der Waals surface area contributed by atoms with Gasteiger partial charge in [-0.15, -0.1) is 0 Å². The summed E-state index contributed by atoms with van der Waals surface area (Å²) >= 11 is 0. The molecule has 1 amide bonds. The number of carbonyl (C=O) groups excluding carboxylic acids is 1. The van der Waals surface area contributed by atoms with Gasteiger partial charge in [-0.1, -0.05) is 5.16 Å². The molecule has 1 heterocycles. The normalized spacial score (nSPS) is 10.8. The number of nitrogens with zero attached hydrogens (tertiary/aromatic N) is 3. The number of oxime groups is 1. The predicted octanol–water partition coefficient (Wildman–Crippen LogP) is -0.0934. The van der Waals surface area contributed by atoms with Gasteiger partial charge in [0.1, 0.15) is 6.07 Å². The SMILES string of the molecule is Cn1cccc1CON=C(C#N)C(N)=O. The Hall–Kier alpha value is -2.29. The van der Waals surface area contributed by atoms with Crippen molar-refractivity contribution < 1.29 is 9.63 Å². The first kappa shape index (κ1) is 10.8. The summed E-state index contributed by atoms with van der Waals surface area (Å²) < 4.78 is 1.84. The van der Waals surface area contributed by atoms with Crippen LogP contribution in [0.3, 0.4) is 0 Å². The van der Waals surface area contributed by atoms with Crippen LogP contribution in [0.4, 0.5) is 0 Å². The van der Waals surface area contributed by atoms with E-state index in [1.54, 1.807) is 0 Å². The van der Waals surface area contributed by atoms with Gasteiger partial charge >= 0.3 is 0 Å². The average molecular weight is 206 g/mol. The number of nitrogens with two attached hydrogens (primary N) is 1. The molecule has 6 nitrogen and oxygen atoms in total. The summed E-state index contributed by atoms with van der Waals surface area (Å²) in [6.07, 6.45) is 1.85. The van der Waals surface area contributed by atoms with E-state index in [1.165, 1.54) is 6.07 Å². The third kappa shape index (κ3) is 2.84. The first-order chi connectivity index (χ1) is 7.15. The fourth-order valence-corrected chi connectivity index (χ4v) is 0.930. The second-order valence-corrected chi connectivity index (χ2v) is 2.80. The molecule has 0 saturated heterocycles. The predicted molar refractivity (Wildman–Crippen MR) is 52.4 cm³/mol. The van der Waals surface area contributed by atoms with E-state index in [1.807, 2.05) is 29.9 Å². The molecule has 0 radical (unpaired) electrons. The van der Waals surface area contributed by atoms with Crippen LogP contribution in [0.15, 0.2) is 23.5 Å². The van der Waals surface area contributed by atoms with Crippen molar-refractivity contribution in [3.8, 4) is 6.07 Å². The minimum absolute atomic E-state index is 0.183. The molecule has 1 aromatic heterocycles. The van der Waals surface area contributed by atoms with Crippen LogP contribution in [-0.4, -0.2) is 16.2 Å². The van der Waals surface area contributed by atoms with E-state index >= 15 is 0 Å². The number of amides is 1. The van der Waals surface area contributed by atoms with Crippen LogP contribution in [0.1, 0.15) is 5.69 Å². The number of hydrogen-bond donors (Lipinski definition) is 1. The van der Waals surface area contributed by atoms with Crippen molar-refractivity contribution in [2.75, 3.05) is 0 Å². The molecule has 15 heavy (non-hydrogen) atoms. The highest BCUT2D eigenvalue weighted by molar-refractivity contribution is 6.44. The van der Waals surface area contributed by atoms with Gasteiger partial charge in [-0.3, -0.25) is 4.79 Å². The van der Waals surface area contributed by atoms with Gasteiger partial charge in [0.25, 0.3) is 5.91 Å². The molecule has 2 N–H and O–H groups in total. The number of aryl methyl sites for hydroxylation is 1. The van der Waals surface area contributed by atoms with Crippen molar-refractivity contribution in [1.82, 2.24) is 4.57 Å². The van der Waals surface area contributed by atoms with Crippen LogP contribution in [0.5, 0.6) is 0 Å². The molecule has 1 rings (SSSR count). The standard InChI is InChI=1S/C9H10N4O2/c1-13-4-2-3-7(13)6-15-12-8(5-10)9(11)14/h2-4H,6H2,1H3,(H2,11,14). The smallest absolute Gasteiger partial charge is 0.281 e. The second-order valence-electron chi connectivity index (χ2n) is 2.80. The van der Waals surface area contributed by atoms with Gasteiger partial charge in [-0.2, -0.15) is 5.26 Å². The van der Waals surface area contributed by atoms with Crippen molar-refractivity contribution in [3.05, 3.63) is 24.0 Å². The van der Waals surface area contributed by atoms with E-state index in [9.17, 15) is 4.79 Å². The highest BCUT2D eigenvalue weighted by Crippen LogP contribution is 2.01. The monoisotopic (exact) mass is 206 g/mol. The molecule has 0 unspecified atom stereocenters. The molecule has 0 bridgehead atoms. The lowest BCUT2D eigenvalue weighted by molar-refractivity contribution is -0.112. The maximum Gasteiger partial charge on any atom is 0.281 e. The van der Waals surface area contributed by atoms with E-state index in [-0.39, 0.29) is 6.61 Å². The van der Waals surface area contributed by atoms with E-state index in [0.29, 0.717) is 0 Å². The van der Waals surface area contributed by atoms with Crippen molar-refractivity contribution >= 4 is 11.6 Å². The van der Waals surface area contributed by atoms with Crippen LogP contribution >= 0.6 is 0 Å². The molecule has 0 aliphatic carbocycles. The topological polar surface area (TPSA) is 93.4 Å². The first-order valence-corrected chi connectivity index (χ1v) is 4.15. The fraction of sp³-hybridized carbons (Fsp3) is 0.222. The number of aromatic nitrogens is 1. The Morgan fingerprint density at radius 1 is 1.80 bits per heavy atom. The largest absolute Gasteiger partial charge is 0.388 e. The molecular weight excluding hydrogens is 196 g/mol. The molecule has 0 spiro atoms. The Labute approximate surface area is 86.5 Å². The maximum atomic E-state index is 10.6. The summed E-state index contributed by atoms with van der Waals surface area (Å²) in [6.45, 7) is 0.183. The molecule has 0 aliphatic rings. The third-order valence-corrected chi connectivity index (χ3v) is 1.76. The van der Waals surface area contributed by atoms with Gasteiger partial charge in [0, 0.05) is 13.2 Å². The van der Waals surface area contributed by atoms with Gasteiger partial charge in [-0.05, 0) is 12.1 Å². The van der Waals surface area contributed by atoms with Crippen LogP contribution in [0.2, 0.25) is 0 Å². The summed E-state index contributed by atoms with van der Waals surface area (Å²) in [5.74, 6) is -0.899. The van der Waals surface area contributed by atoms with Gasteiger partial charge in [0.05, 0.1) is 5.69 Å². The highest BCUT2D eigenvalue weighted by Gasteiger charge is 2.05. The van der Waals surface area contributed by atoms with E-state index in [0.717, 1.165) is 5.69 Å². The molecule has 6 heteroatoms. The zero-order valence-electron chi connectivity index (χ0n) is 8.17. The Morgan fingerprint density at radius 3 is 3.00 bits per heavy atom. The molecule has 1 aromatic rings. The summed E-state index contributed by atoms with van der Waals surface area (Å²) in [7, 11) is 1.85. The summed E-state index contributed by atoms with van der Waals surface area (Å²) in [4.78, 5) is 15.4. The second kappa shape index (κ2) is 4.81. The highest BCUT2D eigenvalue weighted by atomic mass is 16.6. The average Bonchev–Trinajstić information content (AvgIpc) is 2.58. The van der Waals surface area contributed by atoms with Gasteiger partial charge < -0.3 is 15.1 Å². The number of rotatable bonds is 4. The molecular formula is C9H10N4O2. The van der Waals surface area contributed by atoms with Crippen molar-refractivity contribution in [2.45, 2.75) is 6.61 Å². The van der Waals surface area contributed by atoms with E-state index < -0.39 is 11.6 Å². The number of nitriles is 1. The third-order valence-electron chi connectivity index (χ3n) is 1.76. The minimum Gasteiger partial charge on any atom is -0.388 e. The maximum absolute atomic E-state index is 10.6. The number of hydrogen-bond acceptors (Lipinski definition) is 4. The number of primary amides is 1. The quantitative estimate of drug-likeness (QED) is 0.550. The number of carbonyl (C=O) groups is 1. The molecule has 0 saturated carbocycles. The molecule has 0 atom stereocenters. The van der Waals surface area contributed by atoms with E-state index in [4.69, 9.17) is 15.8 Å². The molecule has 78 valence electrons. The molecule has 0 fully saturated rings. The Bertz CT molecular complexity index is 428. The van der Waals surface area contributed by atoms with Crippen LogP contribution in [-0.2, 0) is 23.3 Å². The van der Waals surface area contributed by atoms with Crippen molar-refractivity contribution in [1.29, 1.82) is 5.26 Å². The van der Waals surface area contributed by atoms with E-state index in [2.05, 4.69) is 5.16 Å². The summed E-state index contributed by atoms with van der Waals surface area (Å²) in [6, 6.07) is 5.23. The Balaban J connectivity index is 2.56. The fourth-order valence-electron chi connectivity index (χ4n) is 0.930. The first-order valence-electron chi connectivity index (χ1n) is 4.15. The van der Waals surface area contributed by atoms with Crippen molar-refractivity contribution in [3.63, 3.8) is 0 Å². The molecule has 0 aromatic carbocycles. The lowest BCUT2D eigenvalue weighted by Crippen LogP contribution is -2.21. The summed E-state index contributed by atoms with van der Waals surface area (Å²) in [5, 5.41) is 11.8. The zero-order chi connectivity index (χ0) is 11.3. The minimum atomic E-state index is -0.899.